The molecular weight excluding hydrogens is 376 g/mol. The normalized spacial score (nSPS) is 24.9. The number of rotatable bonds is 14. The Labute approximate surface area is 173 Å². The average molecular weight is 417 g/mol. The van der Waals surface area contributed by atoms with Gasteiger partial charge in [0.1, 0.15) is 11.0 Å². The molecule has 1 heterocycles. The van der Waals surface area contributed by atoms with Crippen LogP contribution < -0.4 is 0 Å². The van der Waals surface area contributed by atoms with Crippen LogP contribution in [0.1, 0.15) is 84.5 Å². The zero-order chi connectivity index (χ0) is 20.3. The van der Waals surface area contributed by atoms with Crippen LogP contribution in [0.4, 0.5) is 0 Å². The molecule has 0 saturated carbocycles. The summed E-state index contributed by atoms with van der Waals surface area (Å²) >= 11 is 5.69. The molecule has 27 heavy (non-hydrogen) atoms. The van der Waals surface area contributed by atoms with Gasteiger partial charge < -0.3 is 13.6 Å². The van der Waals surface area contributed by atoms with Crippen molar-refractivity contribution < 1.29 is 18.4 Å². The number of hydrogen-bond acceptors (Lipinski definition) is 5. The minimum absolute atomic E-state index is 0.217. The average Bonchev–Trinajstić information content (AvgIpc) is 2.68. The van der Waals surface area contributed by atoms with Crippen molar-refractivity contribution in [3.05, 3.63) is 0 Å². The Kier molecular flexibility index (Phi) is 11.5. The molecule has 0 aromatic carbocycles. The van der Waals surface area contributed by atoms with Crippen LogP contribution in [0.15, 0.2) is 0 Å². The molecule has 0 aromatic heterocycles. The van der Waals surface area contributed by atoms with Gasteiger partial charge in [-0.25, -0.2) is 0 Å². The zero-order valence-corrected chi connectivity index (χ0v) is 19.9. The number of carbonyl (C=O) groups excluding carboxylic acids is 1. The quantitative estimate of drug-likeness (QED) is 0.211. The Morgan fingerprint density at radius 2 is 1.63 bits per heavy atom. The van der Waals surface area contributed by atoms with Crippen LogP contribution in [0.5, 0.6) is 0 Å². The second kappa shape index (κ2) is 12.4. The fraction of sp³-hybridized carbons (Fsp3) is 0.905. The van der Waals surface area contributed by atoms with Crippen molar-refractivity contribution in [3.8, 4) is 0 Å². The van der Waals surface area contributed by atoms with Crippen LogP contribution in [0, 0.1) is 5.92 Å². The maximum Gasteiger partial charge on any atom is 0.372 e. The molecule has 2 unspecified atom stereocenters. The molecule has 0 spiro atoms. The summed E-state index contributed by atoms with van der Waals surface area (Å²) in [5, 5.41) is -0.710. The van der Waals surface area contributed by atoms with E-state index in [9.17, 15) is 4.79 Å². The maximum atomic E-state index is 13.3. The van der Waals surface area contributed by atoms with E-state index in [4.69, 9.17) is 25.8 Å². The Hall–Kier alpha value is -0.143. The van der Waals surface area contributed by atoms with Gasteiger partial charge in [0.2, 0.25) is 0 Å². The van der Waals surface area contributed by atoms with Gasteiger partial charge in [-0.05, 0) is 25.3 Å². The summed E-state index contributed by atoms with van der Waals surface area (Å²) in [5.74, 6) is -0.160. The number of unbranched alkanes of at least 4 members (excludes halogenated alkanes) is 6. The molecule has 1 aliphatic rings. The Bertz CT molecular complexity index is 467. The second-order valence-electron chi connectivity index (χ2n) is 7.74. The van der Waals surface area contributed by atoms with Crippen LogP contribution in [0.3, 0.4) is 0 Å². The van der Waals surface area contributed by atoms with Gasteiger partial charge in [-0.15, -0.1) is 0 Å². The first-order valence-electron chi connectivity index (χ1n) is 10.7. The fourth-order valence-corrected chi connectivity index (χ4v) is 9.39. The van der Waals surface area contributed by atoms with Crippen LogP contribution in [-0.4, -0.2) is 45.8 Å². The van der Waals surface area contributed by atoms with E-state index in [-0.39, 0.29) is 11.7 Å². The van der Waals surface area contributed by atoms with E-state index in [2.05, 4.69) is 13.8 Å². The summed E-state index contributed by atoms with van der Waals surface area (Å²) in [6.07, 6.45) is 11.3. The minimum atomic E-state index is -2.70. The smallest absolute Gasteiger partial charge is 0.372 e. The summed E-state index contributed by atoms with van der Waals surface area (Å²) in [7, 11) is 2.39. The molecule has 0 aromatic rings. The highest BCUT2D eigenvalue weighted by Gasteiger charge is 2.65. The molecule has 0 aliphatic carbocycles. The molecule has 6 heteroatoms. The standard InChI is InChI=1S/C21H40O4SSi/c1-6-8-9-10-11-12-13-14-18(22)20-19(26)15-17-27(24-4,25-5)21(20,23-3)16-7-2/h20H,6-17H2,1-5H3. The van der Waals surface area contributed by atoms with Crippen LogP contribution in [-0.2, 0) is 18.4 Å². The molecule has 2 atom stereocenters. The summed E-state index contributed by atoms with van der Waals surface area (Å²) < 4.78 is 18.0. The lowest BCUT2D eigenvalue weighted by Crippen LogP contribution is -2.71. The molecule has 0 bridgehead atoms. The molecule has 4 nitrogen and oxygen atoms in total. The van der Waals surface area contributed by atoms with Crippen molar-refractivity contribution in [1.29, 1.82) is 0 Å². The highest BCUT2D eigenvalue weighted by Crippen LogP contribution is 2.46. The third-order valence-corrected chi connectivity index (χ3v) is 10.8. The molecular formula is C21H40O4SSi. The molecule has 1 aliphatic heterocycles. The van der Waals surface area contributed by atoms with Crippen molar-refractivity contribution in [2.75, 3.05) is 21.3 Å². The first-order chi connectivity index (χ1) is 13.0. The van der Waals surface area contributed by atoms with Gasteiger partial charge in [0.05, 0.1) is 5.92 Å². The molecule has 0 amide bonds. The fourth-order valence-electron chi connectivity index (χ4n) is 4.68. The minimum Gasteiger partial charge on any atom is -0.396 e. The summed E-state index contributed by atoms with van der Waals surface area (Å²) in [5.41, 5.74) is 0. The number of ether oxygens (including phenoxy) is 1. The van der Waals surface area contributed by atoms with E-state index in [1.54, 1.807) is 21.3 Å². The van der Waals surface area contributed by atoms with E-state index >= 15 is 0 Å². The van der Waals surface area contributed by atoms with E-state index in [0.29, 0.717) is 12.8 Å². The van der Waals surface area contributed by atoms with Crippen LogP contribution >= 0.6 is 12.2 Å². The lowest BCUT2D eigenvalue weighted by atomic mass is 9.86. The van der Waals surface area contributed by atoms with Crippen molar-refractivity contribution in [2.45, 2.75) is 95.7 Å². The van der Waals surface area contributed by atoms with Gasteiger partial charge in [0.15, 0.2) is 0 Å². The Morgan fingerprint density at radius 1 is 1.04 bits per heavy atom. The largest absolute Gasteiger partial charge is 0.396 e. The van der Waals surface area contributed by atoms with Crippen LogP contribution in [0.25, 0.3) is 0 Å². The molecule has 1 rings (SSSR count). The molecule has 1 saturated heterocycles. The lowest BCUT2D eigenvalue weighted by Gasteiger charge is -2.52. The predicted molar refractivity (Wildman–Crippen MR) is 118 cm³/mol. The summed E-state index contributed by atoms with van der Waals surface area (Å²) in [6, 6.07) is 0.758. The number of carbonyl (C=O) groups is 1. The van der Waals surface area contributed by atoms with Crippen molar-refractivity contribution in [3.63, 3.8) is 0 Å². The van der Waals surface area contributed by atoms with Crippen LogP contribution in [0.2, 0.25) is 6.04 Å². The van der Waals surface area contributed by atoms with E-state index in [1.807, 2.05) is 0 Å². The van der Waals surface area contributed by atoms with E-state index < -0.39 is 13.8 Å². The Balaban J connectivity index is 2.86. The molecule has 0 radical (unpaired) electrons. The lowest BCUT2D eigenvalue weighted by molar-refractivity contribution is -0.129. The molecule has 1 fully saturated rings. The monoisotopic (exact) mass is 416 g/mol. The number of ketones is 1. The van der Waals surface area contributed by atoms with E-state index in [1.165, 1.54) is 32.1 Å². The van der Waals surface area contributed by atoms with Gasteiger partial charge in [0.25, 0.3) is 0 Å². The van der Waals surface area contributed by atoms with Gasteiger partial charge in [-0.2, -0.15) is 0 Å². The Morgan fingerprint density at radius 3 is 2.15 bits per heavy atom. The van der Waals surface area contributed by atoms with Gasteiger partial charge in [-0.3, -0.25) is 4.79 Å². The van der Waals surface area contributed by atoms with Crippen molar-refractivity contribution >= 4 is 31.4 Å². The predicted octanol–water partition coefficient (Wildman–Crippen LogP) is 5.55. The SMILES string of the molecule is CCCCCCCCCC(=O)C1C(=S)CC[Si](OC)(OC)C1(CCC)OC. The highest BCUT2D eigenvalue weighted by molar-refractivity contribution is 7.80. The number of Topliss-reactive ketones (excluding diaryl/α,β-unsaturated/α-hetero) is 1. The number of methoxy groups -OCH3 is 1. The summed E-state index contributed by atoms with van der Waals surface area (Å²) in [4.78, 5) is 14.1. The van der Waals surface area contributed by atoms with Gasteiger partial charge in [-0.1, -0.05) is 71.0 Å². The molecule has 0 N–H and O–H groups in total. The van der Waals surface area contributed by atoms with E-state index in [0.717, 1.165) is 36.6 Å². The third kappa shape index (κ3) is 5.69. The maximum absolute atomic E-state index is 13.3. The van der Waals surface area contributed by atoms with Gasteiger partial charge >= 0.3 is 8.56 Å². The second-order valence-corrected chi connectivity index (χ2v) is 11.9. The first kappa shape index (κ1) is 24.9. The highest BCUT2D eigenvalue weighted by atomic mass is 32.1. The first-order valence-corrected chi connectivity index (χ1v) is 13.1. The molecule has 158 valence electrons. The topological polar surface area (TPSA) is 44.8 Å². The van der Waals surface area contributed by atoms with Gasteiger partial charge in [0, 0.05) is 32.6 Å². The summed E-state index contributed by atoms with van der Waals surface area (Å²) in [6.45, 7) is 4.34. The number of hydrogen-bond donors (Lipinski definition) is 0. The van der Waals surface area contributed by atoms with Crippen molar-refractivity contribution in [2.24, 2.45) is 5.92 Å². The third-order valence-electron chi connectivity index (χ3n) is 6.13. The zero-order valence-electron chi connectivity index (χ0n) is 18.1. The number of thiocarbonyl (C=S) groups is 1. The van der Waals surface area contributed by atoms with Crippen molar-refractivity contribution in [1.82, 2.24) is 0 Å².